The van der Waals surface area contributed by atoms with Gasteiger partial charge in [-0.15, -0.1) is 0 Å². The van der Waals surface area contributed by atoms with Crippen molar-refractivity contribution in [3.63, 3.8) is 0 Å². The first-order chi connectivity index (χ1) is 12.0. The van der Waals surface area contributed by atoms with Crippen LogP contribution in [0.1, 0.15) is 11.1 Å². The fraction of sp³-hybridized carbons (Fsp3) is 0.111. The number of hydrogen-bond donors (Lipinski definition) is 0. The molecular formula is C18H10Cl2F6. The molecule has 0 aliphatic heterocycles. The van der Waals surface area contributed by atoms with E-state index in [9.17, 15) is 26.3 Å². The van der Waals surface area contributed by atoms with Crippen LogP contribution in [0.2, 0.25) is 10.0 Å². The summed E-state index contributed by atoms with van der Waals surface area (Å²) in [5, 5.41) is -0.244. The third-order valence-electron chi connectivity index (χ3n) is 3.23. The highest BCUT2D eigenvalue weighted by molar-refractivity contribution is 6.35. The van der Waals surface area contributed by atoms with Gasteiger partial charge in [0.15, 0.2) is 0 Å². The van der Waals surface area contributed by atoms with Crippen molar-refractivity contribution in [1.29, 1.82) is 0 Å². The Morgan fingerprint density at radius 1 is 0.615 bits per heavy atom. The summed E-state index contributed by atoms with van der Waals surface area (Å²) in [7, 11) is 0. The van der Waals surface area contributed by atoms with E-state index >= 15 is 0 Å². The Bertz CT molecular complexity index is 776. The second-order valence-electron chi connectivity index (χ2n) is 5.16. The Morgan fingerprint density at radius 2 is 0.923 bits per heavy atom. The molecule has 138 valence electrons. The summed E-state index contributed by atoms with van der Waals surface area (Å²) in [6, 6.07) is 10.7. The molecule has 0 aromatic heterocycles. The second-order valence-corrected chi connectivity index (χ2v) is 5.97. The number of alkyl halides is 6. The van der Waals surface area contributed by atoms with Crippen LogP contribution < -0.4 is 0 Å². The van der Waals surface area contributed by atoms with Gasteiger partial charge in [-0.3, -0.25) is 0 Å². The van der Waals surface area contributed by atoms with Gasteiger partial charge in [-0.05, 0) is 23.3 Å². The summed E-state index contributed by atoms with van der Waals surface area (Å²) in [4.78, 5) is 0. The molecule has 0 atom stereocenters. The van der Waals surface area contributed by atoms with Crippen LogP contribution in [0.3, 0.4) is 0 Å². The third-order valence-corrected chi connectivity index (χ3v) is 3.89. The van der Waals surface area contributed by atoms with Crippen molar-refractivity contribution in [2.24, 2.45) is 0 Å². The molecule has 0 nitrogen and oxygen atoms in total. The molecule has 0 spiro atoms. The topological polar surface area (TPSA) is 0 Å². The lowest BCUT2D eigenvalue weighted by Crippen LogP contribution is -2.08. The van der Waals surface area contributed by atoms with Crippen LogP contribution in [0.4, 0.5) is 26.3 Å². The van der Waals surface area contributed by atoms with Crippen molar-refractivity contribution in [2.45, 2.75) is 12.4 Å². The van der Waals surface area contributed by atoms with E-state index < -0.39 is 23.5 Å². The summed E-state index contributed by atoms with van der Waals surface area (Å²) in [5.41, 5.74) is -1.84. The number of rotatable bonds is 3. The third kappa shape index (κ3) is 5.54. The minimum absolute atomic E-state index is 0.122. The molecule has 0 aliphatic carbocycles. The Labute approximate surface area is 155 Å². The molecule has 2 aromatic carbocycles. The van der Waals surface area contributed by atoms with Crippen LogP contribution in [-0.4, -0.2) is 12.4 Å². The zero-order chi connectivity index (χ0) is 19.5. The van der Waals surface area contributed by atoms with Crippen molar-refractivity contribution in [2.75, 3.05) is 0 Å². The van der Waals surface area contributed by atoms with Crippen molar-refractivity contribution >= 4 is 34.3 Å². The fourth-order valence-electron chi connectivity index (χ4n) is 2.29. The minimum atomic E-state index is -4.87. The molecule has 2 aromatic rings. The molecule has 0 N–H and O–H groups in total. The standard InChI is InChI=1S/C18H10Cl2F6/c19-15-7-3-1-5-11(15)13(9-17(21,22)23)14(10-18(24,25)26)12-6-2-4-8-16(12)20/h1-10H/b13-9+,14-10+. The zero-order valence-electron chi connectivity index (χ0n) is 12.8. The van der Waals surface area contributed by atoms with Crippen molar-refractivity contribution in [3.05, 3.63) is 81.9 Å². The van der Waals surface area contributed by atoms with E-state index in [2.05, 4.69) is 0 Å². The molecule has 0 bridgehead atoms. The van der Waals surface area contributed by atoms with Gasteiger partial charge in [0.1, 0.15) is 0 Å². The van der Waals surface area contributed by atoms with Crippen LogP contribution in [0.5, 0.6) is 0 Å². The van der Waals surface area contributed by atoms with E-state index in [-0.39, 0.29) is 33.3 Å². The maximum Gasteiger partial charge on any atom is 0.410 e. The van der Waals surface area contributed by atoms with Crippen LogP contribution in [-0.2, 0) is 0 Å². The number of allylic oxidation sites excluding steroid dienone is 4. The van der Waals surface area contributed by atoms with Gasteiger partial charge in [0.25, 0.3) is 0 Å². The number of benzene rings is 2. The first-order valence-electron chi connectivity index (χ1n) is 7.07. The van der Waals surface area contributed by atoms with Gasteiger partial charge in [0.2, 0.25) is 0 Å². The van der Waals surface area contributed by atoms with Gasteiger partial charge < -0.3 is 0 Å². The highest BCUT2D eigenvalue weighted by Crippen LogP contribution is 2.41. The molecule has 0 fully saturated rings. The molecule has 0 amide bonds. The normalized spacial score (nSPS) is 13.8. The predicted molar refractivity (Wildman–Crippen MR) is 91.0 cm³/mol. The lowest BCUT2D eigenvalue weighted by molar-refractivity contribution is -0.0810. The summed E-state index contributed by atoms with van der Waals surface area (Å²) in [5.74, 6) is 0. The molecule has 0 radical (unpaired) electrons. The summed E-state index contributed by atoms with van der Waals surface area (Å²) in [6.07, 6.45) is -10.2. The predicted octanol–water partition coefficient (Wildman–Crippen LogP) is 7.59. The summed E-state index contributed by atoms with van der Waals surface area (Å²) < 4.78 is 78.4. The molecule has 0 unspecified atom stereocenters. The summed E-state index contributed by atoms with van der Waals surface area (Å²) >= 11 is 11.9. The molecule has 2 rings (SSSR count). The average Bonchev–Trinajstić information content (AvgIpc) is 2.50. The van der Waals surface area contributed by atoms with Gasteiger partial charge in [-0.2, -0.15) is 26.3 Å². The van der Waals surface area contributed by atoms with E-state index in [0.29, 0.717) is 0 Å². The maximum absolute atomic E-state index is 13.1. The first-order valence-corrected chi connectivity index (χ1v) is 7.83. The highest BCUT2D eigenvalue weighted by Gasteiger charge is 2.31. The SMILES string of the molecule is FC(F)(F)/C=C(/C(=C/C(F)(F)F)c1ccccc1Cl)c1ccccc1Cl. The van der Waals surface area contributed by atoms with Crippen LogP contribution in [0, 0.1) is 0 Å². The Kier molecular flexibility index (Phi) is 6.09. The van der Waals surface area contributed by atoms with Crippen LogP contribution >= 0.6 is 23.2 Å². The van der Waals surface area contributed by atoms with Gasteiger partial charge in [-0.1, -0.05) is 59.6 Å². The second kappa shape index (κ2) is 7.76. The van der Waals surface area contributed by atoms with E-state index in [1.54, 1.807) is 0 Å². The fourth-order valence-corrected chi connectivity index (χ4v) is 2.76. The first kappa shape index (κ1) is 20.4. The van der Waals surface area contributed by atoms with E-state index in [1.807, 2.05) is 0 Å². The lowest BCUT2D eigenvalue weighted by Gasteiger charge is -2.18. The van der Waals surface area contributed by atoms with Gasteiger partial charge in [0.05, 0.1) is 0 Å². The lowest BCUT2D eigenvalue weighted by atomic mass is 9.91. The monoisotopic (exact) mass is 410 g/mol. The molecule has 26 heavy (non-hydrogen) atoms. The Hall–Kier alpha value is -1.92. The van der Waals surface area contributed by atoms with Gasteiger partial charge in [0, 0.05) is 33.3 Å². The highest BCUT2D eigenvalue weighted by atomic mass is 35.5. The quantitative estimate of drug-likeness (QED) is 0.361. The van der Waals surface area contributed by atoms with E-state index in [4.69, 9.17) is 23.2 Å². The summed E-state index contributed by atoms with van der Waals surface area (Å²) in [6.45, 7) is 0. The minimum Gasteiger partial charge on any atom is -0.167 e. The zero-order valence-corrected chi connectivity index (χ0v) is 14.3. The Balaban J connectivity index is 2.84. The molecule has 0 heterocycles. The van der Waals surface area contributed by atoms with Crippen molar-refractivity contribution in [3.8, 4) is 0 Å². The molecule has 0 saturated heterocycles. The van der Waals surface area contributed by atoms with Crippen LogP contribution in [0.25, 0.3) is 11.1 Å². The van der Waals surface area contributed by atoms with Gasteiger partial charge >= 0.3 is 12.4 Å². The number of halogens is 8. The van der Waals surface area contributed by atoms with E-state index in [1.165, 1.54) is 48.5 Å². The smallest absolute Gasteiger partial charge is 0.167 e. The van der Waals surface area contributed by atoms with E-state index in [0.717, 1.165) is 0 Å². The van der Waals surface area contributed by atoms with Crippen LogP contribution in [0.15, 0.2) is 60.7 Å². The maximum atomic E-state index is 13.1. The molecule has 0 aliphatic rings. The molecular weight excluding hydrogens is 401 g/mol. The number of hydrogen-bond acceptors (Lipinski definition) is 0. The molecule has 0 saturated carbocycles. The molecule has 8 heteroatoms. The average molecular weight is 411 g/mol. The Morgan fingerprint density at radius 3 is 1.19 bits per heavy atom. The van der Waals surface area contributed by atoms with Gasteiger partial charge in [-0.25, -0.2) is 0 Å². The van der Waals surface area contributed by atoms with Crippen molar-refractivity contribution in [1.82, 2.24) is 0 Å². The van der Waals surface area contributed by atoms with Crippen molar-refractivity contribution < 1.29 is 26.3 Å². The largest absolute Gasteiger partial charge is 0.410 e.